The number of carbonyl (C=O) groups is 1. The number of rotatable bonds is 4. The maximum atomic E-state index is 13.1. The van der Waals surface area contributed by atoms with Gasteiger partial charge in [0, 0.05) is 31.9 Å². The first-order valence-electron chi connectivity index (χ1n) is 9.90. The molecule has 0 bridgehead atoms. The first-order valence-corrected chi connectivity index (χ1v) is 9.90. The third-order valence-electron chi connectivity index (χ3n) is 5.21. The van der Waals surface area contributed by atoms with Gasteiger partial charge >= 0.3 is 6.18 Å². The molecule has 0 saturated carbocycles. The molecule has 3 aromatic rings. The molecule has 0 radical (unpaired) electrons. The van der Waals surface area contributed by atoms with Gasteiger partial charge in [-0.05, 0) is 36.4 Å². The number of carbonyl (C=O) groups excluding carboxylic acids is 1. The lowest BCUT2D eigenvalue weighted by atomic mass is 10.1. The van der Waals surface area contributed by atoms with Gasteiger partial charge in [0.15, 0.2) is 0 Å². The quantitative estimate of drug-likeness (QED) is 0.658. The molecule has 1 aromatic heterocycles. The van der Waals surface area contributed by atoms with E-state index in [1.54, 1.807) is 12.1 Å². The van der Waals surface area contributed by atoms with Gasteiger partial charge < -0.3 is 15.1 Å². The highest BCUT2D eigenvalue weighted by atomic mass is 19.4. The van der Waals surface area contributed by atoms with Crippen molar-refractivity contribution in [2.75, 3.05) is 41.3 Å². The Kier molecular flexibility index (Phi) is 5.79. The normalized spacial score (nSPS) is 14.4. The summed E-state index contributed by atoms with van der Waals surface area (Å²) < 4.78 is 39.4. The molecule has 0 atom stereocenters. The predicted molar refractivity (Wildman–Crippen MR) is 115 cm³/mol. The summed E-state index contributed by atoms with van der Waals surface area (Å²) in [6.45, 7) is 3.32. The van der Waals surface area contributed by atoms with E-state index in [4.69, 9.17) is 0 Å². The maximum Gasteiger partial charge on any atom is 0.417 e. The number of piperazine rings is 1. The number of hydrogen-bond acceptors (Lipinski definition) is 4. The van der Waals surface area contributed by atoms with E-state index in [1.807, 2.05) is 18.2 Å². The third kappa shape index (κ3) is 4.79. The van der Waals surface area contributed by atoms with Crippen LogP contribution in [-0.2, 0) is 6.18 Å². The van der Waals surface area contributed by atoms with Crippen LogP contribution in [-0.4, -0.2) is 37.1 Å². The Morgan fingerprint density at radius 2 is 1.48 bits per heavy atom. The molecular weight excluding hydrogens is 405 g/mol. The molecule has 1 saturated heterocycles. The molecule has 1 fully saturated rings. The number of hydrogen-bond donors (Lipinski definition) is 1. The van der Waals surface area contributed by atoms with Crippen molar-refractivity contribution >= 4 is 23.1 Å². The summed E-state index contributed by atoms with van der Waals surface area (Å²) >= 11 is 0. The molecule has 31 heavy (non-hydrogen) atoms. The molecule has 5 nitrogen and oxygen atoms in total. The lowest BCUT2D eigenvalue weighted by Crippen LogP contribution is -2.46. The van der Waals surface area contributed by atoms with Crippen LogP contribution in [0.4, 0.5) is 30.4 Å². The van der Waals surface area contributed by atoms with E-state index in [1.165, 1.54) is 24.0 Å². The van der Waals surface area contributed by atoms with Gasteiger partial charge in [-0.3, -0.25) is 4.79 Å². The number of aromatic nitrogens is 1. The first-order chi connectivity index (χ1) is 14.9. The summed E-state index contributed by atoms with van der Waals surface area (Å²) in [5.74, 6) is -0.0552. The second-order valence-corrected chi connectivity index (χ2v) is 7.21. The molecule has 1 aliphatic heterocycles. The van der Waals surface area contributed by atoms with Crippen LogP contribution in [0, 0.1) is 0 Å². The average Bonchev–Trinajstić information content (AvgIpc) is 2.80. The minimum absolute atomic E-state index is 0.341. The smallest absolute Gasteiger partial charge is 0.368 e. The van der Waals surface area contributed by atoms with E-state index in [-0.39, 0.29) is 0 Å². The van der Waals surface area contributed by atoms with Crippen LogP contribution in [0.25, 0.3) is 0 Å². The zero-order chi connectivity index (χ0) is 21.8. The molecule has 1 amide bonds. The first kappa shape index (κ1) is 20.7. The van der Waals surface area contributed by atoms with Gasteiger partial charge in [-0.2, -0.15) is 13.2 Å². The van der Waals surface area contributed by atoms with Crippen molar-refractivity contribution in [2.24, 2.45) is 0 Å². The minimum Gasteiger partial charge on any atom is -0.368 e. The van der Waals surface area contributed by atoms with Crippen molar-refractivity contribution < 1.29 is 18.0 Å². The highest BCUT2D eigenvalue weighted by Crippen LogP contribution is 2.32. The molecule has 4 rings (SSSR count). The van der Waals surface area contributed by atoms with Gasteiger partial charge in [-0.15, -0.1) is 0 Å². The van der Waals surface area contributed by atoms with Gasteiger partial charge in [0.25, 0.3) is 5.91 Å². The second-order valence-electron chi connectivity index (χ2n) is 7.21. The molecule has 160 valence electrons. The fourth-order valence-corrected chi connectivity index (χ4v) is 3.61. The van der Waals surface area contributed by atoms with Crippen LogP contribution in [0.15, 0.2) is 72.9 Å². The van der Waals surface area contributed by atoms with Crippen molar-refractivity contribution in [1.29, 1.82) is 0 Å². The van der Waals surface area contributed by atoms with Crippen LogP contribution in [0.3, 0.4) is 0 Å². The Hall–Kier alpha value is -3.55. The summed E-state index contributed by atoms with van der Waals surface area (Å²) in [6, 6.07) is 18.3. The third-order valence-corrected chi connectivity index (χ3v) is 5.21. The Bertz CT molecular complexity index is 1030. The van der Waals surface area contributed by atoms with Gasteiger partial charge in [0.2, 0.25) is 0 Å². The largest absolute Gasteiger partial charge is 0.417 e. The molecule has 2 aromatic carbocycles. The van der Waals surface area contributed by atoms with E-state index >= 15 is 0 Å². The van der Waals surface area contributed by atoms with E-state index in [9.17, 15) is 18.0 Å². The van der Waals surface area contributed by atoms with Crippen molar-refractivity contribution in [3.8, 4) is 0 Å². The Balaban J connectivity index is 1.39. The summed E-state index contributed by atoms with van der Waals surface area (Å²) in [5.41, 5.74) is 0.144. The second kappa shape index (κ2) is 8.67. The Labute approximate surface area is 178 Å². The topological polar surface area (TPSA) is 48.5 Å². The highest BCUT2D eigenvalue weighted by molar-refractivity contribution is 6.05. The number of amides is 1. The van der Waals surface area contributed by atoms with E-state index in [0.29, 0.717) is 5.69 Å². The zero-order valence-corrected chi connectivity index (χ0v) is 16.6. The van der Waals surface area contributed by atoms with Gasteiger partial charge in [0.1, 0.15) is 5.82 Å². The number of pyridine rings is 1. The monoisotopic (exact) mass is 426 g/mol. The Morgan fingerprint density at radius 3 is 2.13 bits per heavy atom. The molecule has 8 heteroatoms. The highest BCUT2D eigenvalue weighted by Gasteiger charge is 2.34. The van der Waals surface area contributed by atoms with Crippen molar-refractivity contribution in [3.05, 3.63) is 84.1 Å². The number of para-hydroxylation sites is 1. The summed E-state index contributed by atoms with van der Waals surface area (Å²) in [5, 5.41) is 2.50. The SMILES string of the molecule is O=C(Nc1ccc(N2CCN(c3ccccc3)CC2)nc1)c1ccccc1C(F)(F)F. The van der Waals surface area contributed by atoms with E-state index in [2.05, 4.69) is 32.2 Å². The number of anilines is 3. The summed E-state index contributed by atoms with van der Waals surface area (Å²) in [7, 11) is 0. The average molecular weight is 426 g/mol. The fraction of sp³-hybridized carbons (Fsp3) is 0.217. The minimum atomic E-state index is -4.60. The van der Waals surface area contributed by atoms with Crippen molar-refractivity contribution in [2.45, 2.75) is 6.18 Å². The van der Waals surface area contributed by atoms with Crippen LogP contribution in [0.2, 0.25) is 0 Å². The number of nitrogens with one attached hydrogen (secondary N) is 1. The van der Waals surface area contributed by atoms with Crippen LogP contribution in [0.5, 0.6) is 0 Å². The predicted octanol–water partition coefficient (Wildman–Crippen LogP) is 4.68. The Morgan fingerprint density at radius 1 is 0.839 bits per heavy atom. The molecule has 2 heterocycles. The zero-order valence-electron chi connectivity index (χ0n) is 16.6. The summed E-state index contributed by atoms with van der Waals surface area (Å²) in [4.78, 5) is 21.2. The number of alkyl halides is 3. The lowest BCUT2D eigenvalue weighted by Gasteiger charge is -2.36. The van der Waals surface area contributed by atoms with Gasteiger partial charge in [-0.1, -0.05) is 30.3 Å². The molecular formula is C23H21F3N4O. The molecule has 0 aliphatic carbocycles. The van der Waals surface area contributed by atoms with Crippen LogP contribution in [0.1, 0.15) is 15.9 Å². The molecule has 0 unspecified atom stereocenters. The molecule has 1 N–H and O–H groups in total. The van der Waals surface area contributed by atoms with Crippen LogP contribution < -0.4 is 15.1 Å². The van der Waals surface area contributed by atoms with Crippen molar-refractivity contribution in [1.82, 2.24) is 4.98 Å². The maximum absolute atomic E-state index is 13.1. The molecule has 1 aliphatic rings. The molecule has 0 spiro atoms. The lowest BCUT2D eigenvalue weighted by molar-refractivity contribution is -0.137. The number of benzene rings is 2. The van der Waals surface area contributed by atoms with Crippen molar-refractivity contribution in [3.63, 3.8) is 0 Å². The van der Waals surface area contributed by atoms with Gasteiger partial charge in [0.05, 0.1) is 23.0 Å². The summed E-state index contributed by atoms with van der Waals surface area (Å²) in [6.07, 6.45) is -3.13. The van der Waals surface area contributed by atoms with Crippen LogP contribution >= 0.6 is 0 Å². The van der Waals surface area contributed by atoms with E-state index < -0.39 is 23.2 Å². The standard InChI is InChI=1S/C23H21F3N4O/c24-23(25,26)20-9-5-4-8-19(20)22(31)28-17-10-11-21(27-16-17)30-14-12-29(13-15-30)18-6-2-1-3-7-18/h1-11,16H,12-15H2,(H,28,31). The van der Waals surface area contributed by atoms with E-state index in [0.717, 1.165) is 44.1 Å². The number of nitrogens with zero attached hydrogens (tertiary/aromatic N) is 3. The fourth-order valence-electron chi connectivity index (χ4n) is 3.61. The van der Waals surface area contributed by atoms with Gasteiger partial charge in [-0.25, -0.2) is 4.98 Å². The number of halogens is 3.